The number of amides is 1. The van der Waals surface area contributed by atoms with E-state index >= 15 is 0 Å². The first-order valence-electron chi connectivity index (χ1n) is 9.28. The van der Waals surface area contributed by atoms with Crippen molar-refractivity contribution in [3.63, 3.8) is 0 Å². The third-order valence-corrected chi connectivity index (χ3v) is 4.84. The van der Waals surface area contributed by atoms with E-state index in [0.717, 1.165) is 5.56 Å². The van der Waals surface area contributed by atoms with Gasteiger partial charge in [0.05, 0.1) is 10.5 Å². The van der Waals surface area contributed by atoms with E-state index in [1.807, 2.05) is 0 Å². The Morgan fingerprint density at radius 2 is 1.90 bits per heavy atom. The van der Waals surface area contributed by atoms with Crippen molar-refractivity contribution in [3.8, 4) is 17.5 Å². The molecule has 1 aromatic heterocycles. The zero-order chi connectivity index (χ0) is 22.7. The number of nitro benzene ring substituents is 1. The van der Waals surface area contributed by atoms with Gasteiger partial charge in [-0.3, -0.25) is 19.5 Å². The molecule has 8 nitrogen and oxygen atoms in total. The number of carbonyl (C=O) groups excluding carboxylic acids is 1. The molecule has 3 aromatic rings. The van der Waals surface area contributed by atoms with Crippen LogP contribution >= 0.6 is 0 Å². The molecule has 0 bridgehead atoms. The summed E-state index contributed by atoms with van der Waals surface area (Å²) < 4.78 is 20.4. The minimum atomic E-state index is -0.604. The smallest absolute Gasteiger partial charge is 0.310 e. The van der Waals surface area contributed by atoms with Crippen molar-refractivity contribution in [1.29, 1.82) is 5.26 Å². The Balaban J connectivity index is 1.89. The van der Waals surface area contributed by atoms with Gasteiger partial charge in [-0.05, 0) is 62.2 Å². The average Bonchev–Trinajstić information content (AvgIpc) is 2.96. The molecule has 0 saturated heterocycles. The Kier molecular flexibility index (Phi) is 6.02. The lowest BCUT2D eigenvalue weighted by Gasteiger charge is -2.14. The largest absolute Gasteiger partial charge is 0.477 e. The molecule has 1 amide bonds. The number of nitriles is 1. The van der Waals surface area contributed by atoms with Gasteiger partial charge in [0.2, 0.25) is 0 Å². The van der Waals surface area contributed by atoms with Gasteiger partial charge < -0.3 is 10.1 Å². The van der Waals surface area contributed by atoms with E-state index in [1.165, 1.54) is 36.4 Å². The van der Waals surface area contributed by atoms with Gasteiger partial charge in [0, 0.05) is 17.4 Å². The molecule has 0 aliphatic heterocycles. The first-order valence-corrected chi connectivity index (χ1v) is 9.28. The van der Waals surface area contributed by atoms with E-state index in [2.05, 4.69) is 11.4 Å². The fraction of sp³-hybridized carbons (Fsp3) is 0.182. The molecule has 158 valence electrons. The number of nitrogens with one attached hydrogen (secondary N) is 1. The average molecular weight is 422 g/mol. The molecule has 0 unspecified atom stereocenters. The van der Waals surface area contributed by atoms with E-state index < -0.39 is 23.3 Å². The number of aromatic nitrogens is 1. The Bertz CT molecular complexity index is 1210. The molecule has 0 spiro atoms. The summed E-state index contributed by atoms with van der Waals surface area (Å²) in [6, 6.07) is 12.1. The summed E-state index contributed by atoms with van der Waals surface area (Å²) in [6.45, 7) is 4.77. The maximum absolute atomic E-state index is 13.3. The number of benzene rings is 2. The van der Waals surface area contributed by atoms with E-state index in [4.69, 9.17) is 4.74 Å². The molecule has 0 atom stereocenters. The fourth-order valence-corrected chi connectivity index (χ4v) is 3.17. The summed E-state index contributed by atoms with van der Waals surface area (Å²) in [5.41, 5.74) is 2.68. The van der Waals surface area contributed by atoms with Gasteiger partial charge in [-0.2, -0.15) is 5.26 Å². The van der Waals surface area contributed by atoms with Gasteiger partial charge >= 0.3 is 5.69 Å². The predicted molar refractivity (Wildman–Crippen MR) is 112 cm³/mol. The van der Waals surface area contributed by atoms with Crippen LogP contribution in [-0.4, -0.2) is 22.0 Å². The summed E-state index contributed by atoms with van der Waals surface area (Å²) in [5.74, 6) is -0.823. The first-order chi connectivity index (χ1) is 14.7. The molecule has 0 aliphatic rings. The van der Waals surface area contributed by atoms with Crippen LogP contribution in [0.25, 0.3) is 5.69 Å². The maximum Gasteiger partial charge on any atom is 0.310 e. The molecule has 1 N–H and O–H groups in total. The van der Waals surface area contributed by atoms with Gasteiger partial charge in [0.15, 0.2) is 12.4 Å². The van der Waals surface area contributed by atoms with E-state index in [9.17, 15) is 24.6 Å². The number of carbonyl (C=O) groups is 1. The van der Waals surface area contributed by atoms with Crippen molar-refractivity contribution in [3.05, 3.63) is 80.8 Å². The molecule has 9 heteroatoms. The number of nitrogens with zero attached hydrogens (tertiary/aromatic N) is 3. The van der Waals surface area contributed by atoms with Crippen LogP contribution in [0.5, 0.6) is 5.75 Å². The van der Waals surface area contributed by atoms with Crippen LogP contribution in [0.4, 0.5) is 15.9 Å². The third kappa shape index (κ3) is 4.38. The molecule has 31 heavy (non-hydrogen) atoms. The van der Waals surface area contributed by atoms with Crippen LogP contribution in [0.15, 0.2) is 42.5 Å². The summed E-state index contributed by atoms with van der Waals surface area (Å²) in [4.78, 5) is 23.2. The minimum Gasteiger partial charge on any atom is -0.477 e. The lowest BCUT2D eigenvalue weighted by molar-refractivity contribution is -0.385. The minimum absolute atomic E-state index is 0.0260. The predicted octanol–water partition coefficient (Wildman–Crippen LogP) is 4.34. The van der Waals surface area contributed by atoms with Crippen molar-refractivity contribution in [1.82, 2.24) is 4.57 Å². The second kappa shape index (κ2) is 8.67. The Labute approximate surface area is 177 Å². The number of nitro groups is 1. The Hall–Kier alpha value is -4.19. The lowest BCUT2D eigenvalue weighted by atomic mass is 10.2. The summed E-state index contributed by atoms with van der Waals surface area (Å²) in [7, 11) is 0. The molecule has 0 aliphatic carbocycles. The highest BCUT2D eigenvalue weighted by molar-refractivity contribution is 5.93. The van der Waals surface area contributed by atoms with E-state index in [1.54, 1.807) is 31.4 Å². The van der Waals surface area contributed by atoms with E-state index in [-0.39, 0.29) is 22.8 Å². The molecule has 1 heterocycles. The van der Waals surface area contributed by atoms with Crippen molar-refractivity contribution in [2.75, 3.05) is 11.9 Å². The standard InChI is InChI=1S/C22H19FN4O4/c1-13-4-9-19(27(29)30)20(10-13)31-12-21(28)25-22-18(11-24)14(2)15(3)26(22)17-7-5-16(23)6-8-17/h4-10H,12H2,1-3H3,(H,25,28). The van der Waals surface area contributed by atoms with Gasteiger partial charge in [-0.1, -0.05) is 6.07 Å². The van der Waals surface area contributed by atoms with Crippen LogP contribution in [0.2, 0.25) is 0 Å². The number of anilines is 1. The Morgan fingerprint density at radius 1 is 1.23 bits per heavy atom. The van der Waals surface area contributed by atoms with Gasteiger partial charge in [0.25, 0.3) is 5.91 Å². The number of hydrogen-bond donors (Lipinski definition) is 1. The quantitative estimate of drug-likeness (QED) is 0.469. The second-order valence-electron chi connectivity index (χ2n) is 6.92. The van der Waals surface area contributed by atoms with Crippen molar-refractivity contribution >= 4 is 17.4 Å². The van der Waals surface area contributed by atoms with Crippen molar-refractivity contribution in [2.45, 2.75) is 20.8 Å². The highest BCUT2D eigenvalue weighted by Gasteiger charge is 2.22. The summed E-state index contributed by atoms with van der Waals surface area (Å²) in [6.07, 6.45) is 0. The monoisotopic (exact) mass is 422 g/mol. The van der Waals surface area contributed by atoms with Gasteiger partial charge in [0.1, 0.15) is 17.7 Å². The number of aryl methyl sites for hydroxylation is 1. The van der Waals surface area contributed by atoms with E-state index in [0.29, 0.717) is 16.9 Å². The summed E-state index contributed by atoms with van der Waals surface area (Å²) in [5, 5.41) is 23.4. The highest BCUT2D eigenvalue weighted by Crippen LogP contribution is 2.31. The lowest BCUT2D eigenvalue weighted by Crippen LogP contribution is -2.22. The van der Waals surface area contributed by atoms with Crippen LogP contribution in [-0.2, 0) is 4.79 Å². The molecular formula is C22H19FN4O4. The van der Waals surface area contributed by atoms with Crippen molar-refractivity contribution in [2.24, 2.45) is 0 Å². The molecule has 0 radical (unpaired) electrons. The first kappa shape index (κ1) is 21.5. The highest BCUT2D eigenvalue weighted by atomic mass is 19.1. The van der Waals surface area contributed by atoms with Crippen LogP contribution in [0.1, 0.15) is 22.4 Å². The van der Waals surface area contributed by atoms with Crippen LogP contribution in [0.3, 0.4) is 0 Å². The Morgan fingerprint density at radius 3 is 2.52 bits per heavy atom. The molecule has 2 aromatic carbocycles. The zero-order valence-corrected chi connectivity index (χ0v) is 17.1. The molecule has 0 saturated carbocycles. The topological polar surface area (TPSA) is 110 Å². The fourth-order valence-electron chi connectivity index (χ4n) is 3.17. The van der Waals surface area contributed by atoms with Gasteiger partial charge in [-0.25, -0.2) is 4.39 Å². The number of rotatable bonds is 6. The zero-order valence-electron chi connectivity index (χ0n) is 17.1. The van der Waals surface area contributed by atoms with Crippen LogP contribution < -0.4 is 10.1 Å². The third-order valence-electron chi connectivity index (χ3n) is 4.84. The summed E-state index contributed by atoms with van der Waals surface area (Å²) >= 11 is 0. The number of halogens is 1. The van der Waals surface area contributed by atoms with Crippen molar-refractivity contribution < 1.29 is 18.8 Å². The SMILES string of the molecule is Cc1ccc([N+](=O)[O-])c(OCC(=O)Nc2c(C#N)c(C)c(C)n2-c2ccc(F)cc2)c1. The second-order valence-corrected chi connectivity index (χ2v) is 6.92. The maximum atomic E-state index is 13.3. The molecule has 3 rings (SSSR count). The van der Waals surface area contributed by atoms with Gasteiger partial charge in [-0.15, -0.1) is 0 Å². The normalized spacial score (nSPS) is 10.4. The molecule has 0 fully saturated rings. The number of ether oxygens (including phenoxy) is 1. The number of hydrogen-bond acceptors (Lipinski definition) is 5. The molecular weight excluding hydrogens is 403 g/mol. The van der Waals surface area contributed by atoms with Crippen LogP contribution in [0, 0.1) is 48.0 Å².